The molecule has 43 heavy (non-hydrogen) atoms. The van der Waals surface area contributed by atoms with Crippen LogP contribution in [0, 0.1) is 5.41 Å². The zero-order chi connectivity index (χ0) is 28.9. The SMILES string of the molecule is N=C1/C(=C/c2ccc(N(c3ccc4ccccc4c3)c3ccc4ccccc4c3)cc2)C(=O)c2cc3ccccc3cc21. The number of fused-ring (bicyclic) bond motifs is 4. The number of hydrogen-bond acceptors (Lipinski definition) is 3. The minimum Gasteiger partial charge on any atom is -0.310 e. The fraction of sp³-hybridized carbons (Fsp3) is 0. The molecular formula is C40H26N2O. The van der Waals surface area contributed by atoms with Crippen LogP contribution in [0.3, 0.4) is 0 Å². The monoisotopic (exact) mass is 550 g/mol. The molecule has 3 heteroatoms. The van der Waals surface area contributed by atoms with Crippen LogP contribution < -0.4 is 4.90 Å². The highest BCUT2D eigenvalue weighted by molar-refractivity contribution is 6.42. The van der Waals surface area contributed by atoms with Crippen molar-refractivity contribution < 1.29 is 4.79 Å². The van der Waals surface area contributed by atoms with Crippen LogP contribution >= 0.6 is 0 Å². The molecule has 0 spiro atoms. The van der Waals surface area contributed by atoms with E-state index in [-0.39, 0.29) is 11.5 Å². The van der Waals surface area contributed by atoms with E-state index in [1.54, 1.807) is 0 Å². The molecule has 7 aromatic carbocycles. The van der Waals surface area contributed by atoms with Crippen LogP contribution in [-0.4, -0.2) is 11.5 Å². The van der Waals surface area contributed by atoms with E-state index in [0.717, 1.165) is 33.4 Å². The molecule has 1 aliphatic rings. The largest absolute Gasteiger partial charge is 0.310 e. The molecule has 0 aromatic heterocycles. The van der Waals surface area contributed by atoms with Crippen LogP contribution in [0.25, 0.3) is 38.4 Å². The molecule has 1 N–H and O–H groups in total. The Bertz CT molecular complexity index is 2140. The molecule has 0 saturated carbocycles. The van der Waals surface area contributed by atoms with Gasteiger partial charge in [0, 0.05) is 33.8 Å². The second-order valence-corrected chi connectivity index (χ2v) is 11.0. The molecule has 0 heterocycles. The summed E-state index contributed by atoms with van der Waals surface area (Å²) in [6.07, 6.45) is 1.84. The topological polar surface area (TPSA) is 44.2 Å². The lowest BCUT2D eigenvalue weighted by Gasteiger charge is -2.26. The van der Waals surface area contributed by atoms with Crippen molar-refractivity contribution >= 4 is 67.0 Å². The van der Waals surface area contributed by atoms with Crippen LogP contribution in [0.5, 0.6) is 0 Å². The molecule has 3 nitrogen and oxygen atoms in total. The van der Waals surface area contributed by atoms with Crippen molar-refractivity contribution in [1.82, 2.24) is 0 Å². The quantitative estimate of drug-likeness (QED) is 0.222. The van der Waals surface area contributed by atoms with Crippen LogP contribution in [0.4, 0.5) is 17.1 Å². The Labute approximate surface area is 249 Å². The standard InChI is InChI=1S/C40H26N2O/c41-39-36-24-31-11-5-6-12-32(31)25-37(36)40(43)38(39)21-26-13-17-33(18-14-26)42(34-19-15-27-7-1-3-9-29(27)22-34)35-20-16-28-8-2-4-10-30(28)23-35/h1-25,41H/b38-21-,41-39?. The molecule has 1 aliphatic carbocycles. The average molecular weight is 551 g/mol. The lowest BCUT2D eigenvalue weighted by atomic mass is 10.0. The molecular weight excluding hydrogens is 524 g/mol. The number of nitrogens with zero attached hydrogens (tertiary/aromatic N) is 1. The van der Waals surface area contributed by atoms with Gasteiger partial charge in [0.2, 0.25) is 0 Å². The minimum atomic E-state index is -0.0937. The Kier molecular flexibility index (Phi) is 5.76. The molecule has 0 bridgehead atoms. The minimum absolute atomic E-state index is 0.0937. The maximum Gasteiger partial charge on any atom is 0.195 e. The van der Waals surface area contributed by atoms with E-state index in [9.17, 15) is 4.79 Å². The fourth-order valence-corrected chi connectivity index (χ4v) is 6.14. The van der Waals surface area contributed by atoms with Crippen molar-refractivity contribution in [1.29, 1.82) is 5.41 Å². The van der Waals surface area contributed by atoms with E-state index >= 15 is 0 Å². The smallest absolute Gasteiger partial charge is 0.195 e. The molecule has 0 radical (unpaired) electrons. The predicted octanol–water partition coefficient (Wildman–Crippen LogP) is 10.3. The van der Waals surface area contributed by atoms with Crippen molar-refractivity contribution in [3.8, 4) is 0 Å². The highest BCUT2D eigenvalue weighted by Crippen LogP contribution is 2.38. The van der Waals surface area contributed by atoms with E-state index in [1.165, 1.54) is 21.5 Å². The molecule has 0 amide bonds. The van der Waals surface area contributed by atoms with E-state index in [0.29, 0.717) is 16.7 Å². The van der Waals surface area contributed by atoms with Gasteiger partial charge in [0.15, 0.2) is 5.78 Å². The first kappa shape index (κ1) is 25.0. The molecule has 0 saturated heterocycles. The number of carbonyl (C=O) groups excluding carboxylic acids is 1. The average Bonchev–Trinajstić information content (AvgIpc) is 3.28. The van der Waals surface area contributed by atoms with Gasteiger partial charge in [-0.15, -0.1) is 0 Å². The Balaban J connectivity index is 1.19. The molecule has 7 aromatic rings. The van der Waals surface area contributed by atoms with Gasteiger partial charge in [0.25, 0.3) is 0 Å². The number of rotatable bonds is 4. The molecule has 0 aliphatic heterocycles. The molecule has 8 rings (SSSR count). The maximum absolute atomic E-state index is 13.4. The summed E-state index contributed by atoms with van der Waals surface area (Å²) in [5.41, 5.74) is 6.03. The van der Waals surface area contributed by atoms with Crippen molar-refractivity contribution in [2.75, 3.05) is 4.90 Å². The summed E-state index contributed by atoms with van der Waals surface area (Å²) in [6, 6.07) is 49.9. The van der Waals surface area contributed by atoms with Gasteiger partial charge >= 0.3 is 0 Å². The van der Waals surface area contributed by atoms with Gasteiger partial charge in [-0.3, -0.25) is 10.2 Å². The van der Waals surface area contributed by atoms with Crippen molar-refractivity contribution in [3.63, 3.8) is 0 Å². The third-order valence-electron chi connectivity index (χ3n) is 8.36. The normalized spacial score (nSPS) is 13.7. The zero-order valence-electron chi connectivity index (χ0n) is 23.3. The predicted molar refractivity (Wildman–Crippen MR) is 179 cm³/mol. The molecule has 202 valence electrons. The van der Waals surface area contributed by atoms with Gasteiger partial charge in [0.1, 0.15) is 0 Å². The maximum atomic E-state index is 13.4. The van der Waals surface area contributed by atoms with Crippen molar-refractivity contribution in [2.24, 2.45) is 0 Å². The van der Waals surface area contributed by atoms with Gasteiger partial charge in [-0.2, -0.15) is 0 Å². The number of benzene rings is 7. The zero-order valence-corrected chi connectivity index (χ0v) is 23.3. The summed E-state index contributed by atoms with van der Waals surface area (Å²) in [6.45, 7) is 0. The Morgan fingerprint density at radius 1 is 0.465 bits per heavy atom. The van der Waals surface area contributed by atoms with Crippen LogP contribution in [0.1, 0.15) is 21.5 Å². The number of anilines is 3. The Morgan fingerprint density at radius 2 is 0.907 bits per heavy atom. The summed E-state index contributed by atoms with van der Waals surface area (Å²) < 4.78 is 0. The summed E-state index contributed by atoms with van der Waals surface area (Å²) in [5.74, 6) is -0.0937. The third-order valence-corrected chi connectivity index (χ3v) is 8.36. The summed E-state index contributed by atoms with van der Waals surface area (Å²) >= 11 is 0. The van der Waals surface area contributed by atoms with E-state index in [2.05, 4.69) is 102 Å². The van der Waals surface area contributed by atoms with Gasteiger partial charge in [0.05, 0.1) is 5.71 Å². The first-order valence-electron chi connectivity index (χ1n) is 14.4. The van der Waals surface area contributed by atoms with Crippen LogP contribution in [0.2, 0.25) is 0 Å². The molecule has 0 unspecified atom stereocenters. The van der Waals surface area contributed by atoms with Gasteiger partial charge < -0.3 is 4.90 Å². The first-order valence-corrected chi connectivity index (χ1v) is 14.4. The molecule has 0 fully saturated rings. The second-order valence-electron chi connectivity index (χ2n) is 11.0. The number of allylic oxidation sites excluding steroid dienone is 1. The van der Waals surface area contributed by atoms with Gasteiger partial charge in [-0.25, -0.2) is 0 Å². The summed E-state index contributed by atoms with van der Waals surface area (Å²) in [4.78, 5) is 15.7. The first-order chi connectivity index (χ1) is 21.1. The number of hydrogen-bond donors (Lipinski definition) is 1. The number of Topliss-reactive ketones (excluding diaryl/α,β-unsaturated/α-hetero) is 1. The van der Waals surface area contributed by atoms with Gasteiger partial charge in [-0.05, 0) is 92.5 Å². The van der Waals surface area contributed by atoms with Gasteiger partial charge in [-0.1, -0.05) is 97.1 Å². The van der Waals surface area contributed by atoms with Crippen molar-refractivity contribution in [3.05, 3.63) is 168 Å². The Morgan fingerprint density at radius 3 is 1.44 bits per heavy atom. The summed E-state index contributed by atoms with van der Waals surface area (Å²) in [5, 5.41) is 15.6. The number of nitrogens with one attached hydrogen (secondary N) is 1. The Hall–Kier alpha value is -5.80. The highest BCUT2D eigenvalue weighted by Gasteiger charge is 2.30. The molecule has 0 atom stereocenters. The number of ketones is 1. The van der Waals surface area contributed by atoms with E-state index in [1.807, 2.05) is 54.6 Å². The highest BCUT2D eigenvalue weighted by atomic mass is 16.1. The van der Waals surface area contributed by atoms with Crippen molar-refractivity contribution in [2.45, 2.75) is 0 Å². The lowest BCUT2D eigenvalue weighted by molar-refractivity contribution is 0.104. The van der Waals surface area contributed by atoms with E-state index < -0.39 is 0 Å². The van der Waals surface area contributed by atoms with Crippen LogP contribution in [-0.2, 0) is 0 Å². The summed E-state index contributed by atoms with van der Waals surface area (Å²) in [7, 11) is 0. The van der Waals surface area contributed by atoms with E-state index in [4.69, 9.17) is 5.41 Å². The number of carbonyl (C=O) groups is 1. The fourth-order valence-electron chi connectivity index (χ4n) is 6.14. The van der Waals surface area contributed by atoms with Crippen LogP contribution in [0.15, 0.2) is 151 Å². The second kappa shape index (κ2) is 9.93. The lowest BCUT2D eigenvalue weighted by Crippen LogP contribution is -2.10. The third kappa shape index (κ3) is 4.30.